The molecule has 0 aromatic rings. The number of hydrogen-bond acceptors (Lipinski definition) is 5. The first-order valence-corrected chi connectivity index (χ1v) is 7.63. The second-order valence-electron chi connectivity index (χ2n) is 6.95. The van der Waals surface area contributed by atoms with Crippen molar-refractivity contribution in [3.63, 3.8) is 0 Å². The molecule has 0 aromatic carbocycles. The van der Waals surface area contributed by atoms with E-state index in [0.717, 1.165) is 19.5 Å². The Balaban J connectivity index is 2.11. The van der Waals surface area contributed by atoms with E-state index in [4.69, 9.17) is 9.47 Å². The Labute approximate surface area is 126 Å². The summed E-state index contributed by atoms with van der Waals surface area (Å²) >= 11 is 0. The van der Waals surface area contributed by atoms with Gasteiger partial charge < -0.3 is 19.7 Å². The van der Waals surface area contributed by atoms with Gasteiger partial charge in [-0.1, -0.05) is 0 Å². The van der Waals surface area contributed by atoms with Crippen LogP contribution in [-0.4, -0.2) is 55.3 Å². The number of nitrogens with one attached hydrogen (secondary N) is 1. The molecule has 0 radical (unpaired) electrons. The largest absolute Gasteiger partial charge is 0.466 e. The number of amides is 1. The summed E-state index contributed by atoms with van der Waals surface area (Å²) in [5.74, 6) is -0.466. The first-order valence-electron chi connectivity index (χ1n) is 7.63. The Hall–Kier alpha value is -1.30. The monoisotopic (exact) mass is 298 g/mol. The Morgan fingerprint density at radius 1 is 1.38 bits per heavy atom. The fraction of sp³-hybridized carbons (Fsp3) is 0.867. The minimum absolute atomic E-state index is 0.202. The molecular formula is C15H26N2O4. The van der Waals surface area contributed by atoms with Crippen molar-refractivity contribution in [1.82, 2.24) is 10.2 Å². The van der Waals surface area contributed by atoms with E-state index in [1.54, 1.807) is 11.8 Å². The minimum Gasteiger partial charge on any atom is -0.466 e. The van der Waals surface area contributed by atoms with Crippen LogP contribution < -0.4 is 5.32 Å². The van der Waals surface area contributed by atoms with Crippen LogP contribution in [0.5, 0.6) is 0 Å². The van der Waals surface area contributed by atoms with Crippen molar-refractivity contribution in [3.8, 4) is 0 Å². The summed E-state index contributed by atoms with van der Waals surface area (Å²) in [6, 6.07) is 0. The van der Waals surface area contributed by atoms with E-state index in [0.29, 0.717) is 19.7 Å². The normalized spacial score (nSPS) is 29.0. The van der Waals surface area contributed by atoms with E-state index >= 15 is 0 Å². The highest BCUT2D eigenvalue weighted by atomic mass is 16.6. The van der Waals surface area contributed by atoms with Crippen LogP contribution in [0.25, 0.3) is 0 Å². The molecule has 0 saturated carbocycles. The molecule has 21 heavy (non-hydrogen) atoms. The molecule has 0 aliphatic carbocycles. The summed E-state index contributed by atoms with van der Waals surface area (Å²) in [5.41, 5.74) is -0.733. The molecule has 2 rings (SSSR count). The van der Waals surface area contributed by atoms with E-state index in [9.17, 15) is 9.59 Å². The standard InChI is InChI=1S/C15H26N2O4/c1-5-20-12(18)11-8-17(13(19)21-14(2,3)4)10-15(11)6-7-16-9-15/h11,16H,5-10H2,1-4H3. The fourth-order valence-electron chi connectivity index (χ4n) is 3.20. The number of carbonyl (C=O) groups is 2. The molecule has 1 amide bonds. The van der Waals surface area contributed by atoms with Gasteiger partial charge in [0.25, 0.3) is 0 Å². The molecule has 120 valence electrons. The Morgan fingerprint density at radius 3 is 2.62 bits per heavy atom. The van der Waals surface area contributed by atoms with Crippen LogP contribution in [0.4, 0.5) is 4.79 Å². The molecule has 2 unspecified atom stereocenters. The minimum atomic E-state index is -0.528. The Morgan fingerprint density at radius 2 is 2.10 bits per heavy atom. The molecule has 2 fully saturated rings. The number of likely N-dealkylation sites (tertiary alicyclic amines) is 1. The van der Waals surface area contributed by atoms with Crippen LogP contribution in [0.15, 0.2) is 0 Å². The van der Waals surface area contributed by atoms with Crippen molar-refractivity contribution < 1.29 is 19.1 Å². The van der Waals surface area contributed by atoms with Gasteiger partial charge in [-0.25, -0.2) is 4.79 Å². The third-order valence-electron chi connectivity index (χ3n) is 4.15. The highest BCUT2D eigenvalue weighted by Gasteiger charge is 2.53. The number of rotatable bonds is 2. The van der Waals surface area contributed by atoms with Crippen LogP contribution in [0.1, 0.15) is 34.1 Å². The summed E-state index contributed by atoms with van der Waals surface area (Å²) in [6.45, 7) is 10.3. The van der Waals surface area contributed by atoms with E-state index in [2.05, 4.69) is 5.32 Å². The van der Waals surface area contributed by atoms with Crippen molar-refractivity contribution in [1.29, 1.82) is 0 Å². The summed E-state index contributed by atoms with van der Waals surface area (Å²) < 4.78 is 10.6. The third kappa shape index (κ3) is 3.48. The van der Waals surface area contributed by atoms with Gasteiger partial charge in [0.15, 0.2) is 0 Å². The van der Waals surface area contributed by atoms with E-state index in [1.807, 2.05) is 20.8 Å². The Bertz CT molecular complexity index is 410. The third-order valence-corrected chi connectivity index (χ3v) is 4.15. The second kappa shape index (κ2) is 5.83. The molecular weight excluding hydrogens is 272 g/mol. The van der Waals surface area contributed by atoms with Gasteiger partial charge in [-0.05, 0) is 40.7 Å². The van der Waals surface area contributed by atoms with Gasteiger partial charge >= 0.3 is 12.1 Å². The maximum absolute atomic E-state index is 12.3. The molecule has 2 atom stereocenters. The number of esters is 1. The summed E-state index contributed by atoms with van der Waals surface area (Å²) in [7, 11) is 0. The van der Waals surface area contributed by atoms with E-state index < -0.39 is 5.60 Å². The molecule has 1 spiro atoms. The second-order valence-corrected chi connectivity index (χ2v) is 6.95. The number of carbonyl (C=O) groups excluding carboxylic acids is 2. The predicted molar refractivity (Wildman–Crippen MR) is 77.8 cm³/mol. The lowest BCUT2D eigenvalue weighted by Crippen LogP contribution is -2.38. The predicted octanol–water partition coefficient (Wildman–Crippen LogP) is 1.40. The summed E-state index contributed by atoms with van der Waals surface area (Å²) in [6.07, 6.45) is 0.538. The van der Waals surface area contributed by atoms with Gasteiger partial charge in [-0.3, -0.25) is 4.79 Å². The van der Waals surface area contributed by atoms with Gasteiger partial charge in [0.05, 0.1) is 12.5 Å². The quantitative estimate of drug-likeness (QED) is 0.780. The number of nitrogens with zero attached hydrogens (tertiary/aromatic N) is 1. The lowest BCUT2D eigenvalue weighted by Gasteiger charge is -2.27. The first kappa shape index (κ1) is 16.1. The first-order chi connectivity index (χ1) is 9.77. The topological polar surface area (TPSA) is 67.9 Å². The van der Waals surface area contributed by atoms with Crippen LogP contribution in [0.2, 0.25) is 0 Å². The zero-order valence-corrected chi connectivity index (χ0v) is 13.4. The van der Waals surface area contributed by atoms with E-state index in [1.165, 1.54) is 0 Å². The molecule has 2 aliphatic rings. The summed E-state index contributed by atoms with van der Waals surface area (Å²) in [4.78, 5) is 26.1. The van der Waals surface area contributed by atoms with Gasteiger partial charge in [0.1, 0.15) is 5.60 Å². The SMILES string of the molecule is CCOC(=O)C1CN(C(=O)OC(C)(C)C)CC12CCNC2. The highest BCUT2D eigenvalue weighted by Crippen LogP contribution is 2.42. The lowest BCUT2D eigenvalue weighted by atomic mass is 9.77. The maximum Gasteiger partial charge on any atom is 0.410 e. The van der Waals surface area contributed by atoms with Crippen molar-refractivity contribution >= 4 is 12.1 Å². The molecule has 2 saturated heterocycles. The maximum atomic E-state index is 12.3. The van der Waals surface area contributed by atoms with Crippen molar-refractivity contribution in [2.24, 2.45) is 11.3 Å². The van der Waals surface area contributed by atoms with Crippen molar-refractivity contribution in [2.45, 2.75) is 39.7 Å². The average Bonchev–Trinajstić information content (AvgIpc) is 2.96. The van der Waals surface area contributed by atoms with Gasteiger partial charge in [0.2, 0.25) is 0 Å². The smallest absolute Gasteiger partial charge is 0.410 e. The van der Waals surface area contributed by atoms with E-state index in [-0.39, 0.29) is 23.4 Å². The highest BCUT2D eigenvalue weighted by molar-refractivity contribution is 5.77. The molecule has 0 aromatic heterocycles. The van der Waals surface area contributed by atoms with Crippen molar-refractivity contribution in [2.75, 3.05) is 32.8 Å². The van der Waals surface area contributed by atoms with Crippen LogP contribution in [0, 0.1) is 11.3 Å². The molecule has 1 N–H and O–H groups in total. The van der Waals surface area contributed by atoms with Crippen molar-refractivity contribution in [3.05, 3.63) is 0 Å². The molecule has 6 nitrogen and oxygen atoms in total. The molecule has 0 bridgehead atoms. The van der Waals surface area contributed by atoms with Crippen LogP contribution in [-0.2, 0) is 14.3 Å². The Kier molecular flexibility index (Phi) is 4.46. The average molecular weight is 298 g/mol. The van der Waals surface area contributed by atoms with Gasteiger partial charge in [-0.15, -0.1) is 0 Å². The zero-order chi connectivity index (χ0) is 15.7. The molecule has 6 heteroatoms. The van der Waals surface area contributed by atoms with Crippen LogP contribution >= 0.6 is 0 Å². The molecule has 2 aliphatic heterocycles. The molecule has 2 heterocycles. The van der Waals surface area contributed by atoms with Crippen LogP contribution in [0.3, 0.4) is 0 Å². The van der Waals surface area contributed by atoms with Gasteiger partial charge in [-0.2, -0.15) is 0 Å². The van der Waals surface area contributed by atoms with Gasteiger partial charge in [0, 0.05) is 25.0 Å². The zero-order valence-electron chi connectivity index (χ0n) is 13.4. The summed E-state index contributed by atoms with van der Waals surface area (Å²) in [5, 5.41) is 3.30. The lowest BCUT2D eigenvalue weighted by molar-refractivity contribution is -0.150. The number of ether oxygens (including phenoxy) is 2. The number of hydrogen-bond donors (Lipinski definition) is 1. The fourth-order valence-corrected chi connectivity index (χ4v) is 3.20.